The predicted molar refractivity (Wildman–Crippen MR) is 88.4 cm³/mol. The van der Waals surface area contributed by atoms with Gasteiger partial charge in [-0.2, -0.15) is 0 Å². The first-order chi connectivity index (χ1) is 9.85. The van der Waals surface area contributed by atoms with Crippen LogP contribution in [0.2, 0.25) is 0 Å². The van der Waals surface area contributed by atoms with Gasteiger partial charge in [-0.25, -0.2) is 0 Å². The lowest BCUT2D eigenvalue weighted by atomic mass is 9.83. The molecule has 1 aromatic carbocycles. The van der Waals surface area contributed by atoms with Gasteiger partial charge in [-0.1, -0.05) is 44.4 Å². The van der Waals surface area contributed by atoms with Crippen molar-refractivity contribution >= 4 is 5.69 Å². The average molecular weight is 274 g/mol. The Balaban J connectivity index is 2.01. The van der Waals surface area contributed by atoms with Crippen LogP contribution in [0, 0.1) is 5.92 Å². The number of rotatable bonds is 7. The van der Waals surface area contributed by atoms with Gasteiger partial charge in [0.1, 0.15) is 0 Å². The molecule has 2 rings (SSSR count). The maximum atomic E-state index is 3.75. The second-order valence-electron chi connectivity index (χ2n) is 5.94. The highest BCUT2D eigenvalue weighted by Crippen LogP contribution is 2.27. The van der Waals surface area contributed by atoms with Gasteiger partial charge >= 0.3 is 0 Å². The summed E-state index contributed by atoms with van der Waals surface area (Å²) in [6, 6.07) is 11.5. The molecule has 1 N–H and O–H groups in total. The molecule has 1 fully saturated rings. The van der Waals surface area contributed by atoms with Gasteiger partial charge < -0.3 is 10.2 Å². The van der Waals surface area contributed by atoms with Gasteiger partial charge in [-0.15, -0.1) is 0 Å². The number of nitrogens with zero attached hydrogens (tertiary/aromatic N) is 1. The number of anilines is 1. The molecule has 1 saturated carbocycles. The Morgan fingerprint density at radius 3 is 2.40 bits per heavy atom. The van der Waals surface area contributed by atoms with Crippen molar-refractivity contribution < 1.29 is 0 Å². The molecule has 1 aliphatic rings. The van der Waals surface area contributed by atoms with Gasteiger partial charge in [0.05, 0.1) is 0 Å². The molecule has 1 atom stereocenters. The maximum absolute atomic E-state index is 3.75. The highest BCUT2D eigenvalue weighted by Gasteiger charge is 2.24. The molecule has 0 spiro atoms. The van der Waals surface area contributed by atoms with E-state index >= 15 is 0 Å². The van der Waals surface area contributed by atoms with Gasteiger partial charge in [-0.3, -0.25) is 0 Å². The summed E-state index contributed by atoms with van der Waals surface area (Å²) in [5.74, 6) is 0.862. The summed E-state index contributed by atoms with van der Waals surface area (Å²) >= 11 is 0. The molecule has 1 aromatic rings. The monoisotopic (exact) mass is 274 g/mol. The minimum Gasteiger partial charge on any atom is -0.370 e. The van der Waals surface area contributed by atoms with E-state index in [1.807, 2.05) is 0 Å². The minimum absolute atomic E-state index is 0.639. The van der Waals surface area contributed by atoms with Crippen molar-refractivity contribution in [1.29, 1.82) is 0 Å². The van der Waals surface area contributed by atoms with E-state index in [0.717, 1.165) is 25.6 Å². The van der Waals surface area contributed by atoms with Crippen molar-refractivity contribution in [3.05, 3.63) is 30.3 Å². The normalized spacial score (nSPS) is 17.9. The summed E-state index contributed by atoms with van der Waals surface area (Å²) in [4.78, 5) is 2.52. The Morgan fingerprint density at radius 1 is 1.10 bits per heavy atom. The summed E-state index contributed by atoms with van der Waals surface area (Å²) in [5, 5.41) is 3.75. The van der Waals surface area contributed by atoms with Crippen molar-refractivity contribution in [2.75, 3.05) is 24.5 Å². The summed E-state index contributed by atoms with van der Waals surface area (Å²) in [6.07, 6.45) is 7.09. The lowest BCUT2D eigenvalue weighted by Crippen LogP contribution is -2.46. The third-order valence-electron chi connectivity index (χ3n) is 4.61. The largest absolute Gasteiger partial charge is 0.370 e. The number of para-hydroxylation sites is 1. The molecule has 2 nitrogen and oxygen atoms in total. The molecule has 0 aliphatic heterocycles. The molecular formula is C18H30N2. The van der Waals surface area contributed by atoms with Gasteiger partial charge in [0.2, 0.25) is 0 Å². The first-order valence-corrected chi connectivity index (χ1v) is 8.38. The van der Waals surface area contributed by atoms with Crippen LogP contribution in [0.4, 0.5) is 5.69 Å². The van der Waals surface area contributed by atoms with E-state index in [0.29, 0.717) is 6.04 Å². The first-order valence-electron chi connectivity index (χ1n) is 8.38. The Hall–Kier alpha value is -1.02. The molecule has 0 bridgehead atoms. The molecular weight excluding hydrogens is 244 g/mol. The Kier molecular flexibility index (Phi) is 6.38. The number of nitrogens with one attached hydrogen (secondary N) is 1. The second-order valence-corrected chi connectivity index (χ2v) is 5.94. The SMILES string of the molecule is CCNC(CN(CC)c1ccccc1)C1CCCCC1. The fourth-order valence-corrected chi connectivity index (χ4v) is 3.47. The third kappa shape index (κ3) is 4.24. The molecule has 1 unspecified atom stereocenters. The van der Waals surface area contributed by atoms with Gasteiger partial charge in [-0.05, 0) is 44.4 Å². The predicted octanol–water partition coefficient (Wildman–Crippen LogP) is 4.07. The van der Waals surface area contributed by atoms with Crippen LogP contribution in [0.1, 0.15) is 46.0 Å². The minimum atomic E-state index is 0.639. The molecule has 0 radical (unpaired) electrons. The van der Waals surface area contributed by atoms with Gasteiger partial charge in [0, 0.05) is 24.8 Å². The lowest BCUT2D eigenvalue weighted by Gasteiger charge is -2.35. The van der Waals surface area contributed by atoms with Crippen LogP contribution in [0.5, 0.6) is 0 Å². The van der Waals surface area contributed by atoms with E-state index in [4.69, 9.17) is 0 Å². The van der Waals surface area contributed by atoms with E-state index < -0.39 is 0 Å². The van der Waals surface area contributed by atoms with Crippen molar-refractivity contribution in [3.63, 3.8) is 0 Å². The zero-order valence-corrected chi connectivity index (χ0v) is 13.1. The lowest BCUT2D eigenvalue weighted by molar-refractivity contribution is 0.272. The molecule has 20 heavy (non-hydrogen) atoms. The average Bonchev–Trinajstić information content (AvgIpc) is 2.53. The summed E-state index contributed by atoms with van der Waals surface area (Å²) in [6.45, 7) is 7.79. The van der Waals surface area contributed by atoms with Crippen LogP contribution in [-0.4, -0.2) is 25.7 Å². The Labute approximate surface area is 124 Å². The number of likely N-dealkylation sites (N-methyl/N-ethyl adjacent to an activating group) is 2. The van der Waals surface area contributed by atoms with Crippen LogP contribution in [-0.2, 0) is 0 Å². The summed E-state index contributed by atoms with van der Waals surface area (Å²) < 4.78 is 0. The molecule has 1 aliphatic carbocycles. The van der Waals surface area contributed by atoms with Gasteiger partial charge in [0.25, 0.3) is 0 Å². The summed E-state index contributed by atoms with van der Waals surface area (Å²) in [5.41, 5.74) is 1.36. The van der Waals surface area contributed by atoms with Crippen LogP contribution in [0.3, 0.4) is 0 Å². The van der Waals surface area contributed by atoms with Crippen LogP contribution < -0.4 is 10.2 Å². The molecule has 0 amide bonds. The van der Waals surface area contributed by atoms with Crippen LogP contribution in [0.25, 0.3) is 0 Å². The van der Waals surface area contributed by atoms with Crippen molar-refractivity contribution in [1.82, 2.24) is 5.32 Å². The third-order valence-corrected chi connectivity index (χ3v) is 4.61. The van der Waals surface area contributed by atoms with Crippen molar-refractivity contribution in [2.45, 2.75) is 52.0 Å². The molecule has 0 saturated heterocycles. The van der Waals surface area contributed by atoms with Crippen molar-refractivity contribution in [3.8, 4) is 0 Å². The quantitative estimate of drug-likeness (QED) is 0.806. The first kappa shape index (κ1) is 15.4. The highest BCUT2D eigenvalue weighted by molar-refractivity contribution is 5.46. The number of benzene rings is 1. The Morgan fingerprint density at radius 2 is 1.80 bits per heavy atom. The number of hydrogen-bond acceptors (Lipinski definition) is 2. The van der Waals surface area contributed by atoms with E-state index in [9.17, 15) is 0 Å². The maximum Gasteiger partial charge on any atom is 0.0366 e. The zero-order valence-electron chi connectivity index (χ0n) is 13.1. The Bertz CT molecular complexity index is 357. The molecule has 112 valence electrons. The molecule has 2 heteroatoms. The van der Waals surface area contributed by atoms with E-state index in [1.54, 1.807) is 0 Å². The smallest absolute Gasteiger partial charge is 0.0366 e. The zero-order chi connectivity index (χ0) is 14.2. The number of hydrogen-bond donors (Lipinski definition) is 1. The summed E-state index contributed by atoms with van der Waals surface area (Å²) in [7, 11) is 0. The topological polar surface area (TPSA) is 15.3 Å². The molecule has 0 heterocycles. The van der Waals surface area contributed by atoms with E-state index in [1.165, 1.54) is 37.8 Å². The van der Waals surface area contributed by atoms with Crippen LogP contribution >= 0.6 is 0 Å². The molecule has 0 aromatic heterocycles. The van der Waals surface area contributed by atoms with Crippen LogP contribution in [0.15, 0.2) is 30.3 Å². The highest BCUT2D eigenvalue weighted by atomic mass is 15.2. The van der Waals surface area contributed by atoms with Gasteiger partial charge in [0.15, 0.2) is 0 Å². The fourth-order valence-electron chi connectivity index (χ4n) is 3.47. The van der Waals surface area contributed by atoms with Crippen molar-refractivity contribution in [2.24, 2.45) is 5.92 Å². The second kappa shape index (κ2) is 8.31. The van der Waals surface area contributed by atoms with E-state index in [-0.39, 0.29) is 0 Å². The fraction of sp³-hybridized carbons (Fsp3) is 0.667. The standard InChI is InChI=1S/C18H30N2/c1-3-19-18(16-11-7-5-8-12-16)15-20(4-2)17-13-9-6-10-14-17/h6,9-10,13-14,16,18-19H,3-5,7-8,11-12,15H2,1-2H3. The van der Waals surface area contributed by atoms with E-state index in [2.05, 4.69) is 54.4 Å².